The van der Waals surface area contributed by atoms with Crippen LogP contribution in [0.25, 0.3) is 6.08 Å². The zero-order valence-corrected chi connectivity index (χ0v) is 12.3. The van der Waals surface area contributed by atoms with Gasteiger partial charge in [-0.05, 0) is 31.6 Å². The van der Waals surface area contributed by atoms with Gasteiger partial charge in [-0.1, -0.05) is 25.0 Å². The third-order valence-electron chi connectivity index (χ3n) is 2.93. The molecular weight excluding hydrogens is 254 g/mol. The number of aliphatic hydroxyl groups excluding tert-OH is 1. The lowest BCUT2D eigenvalue weighted by Crippen LogP contribution is -2.30. The molecule has 0 saturated heterocycles. The highest BCUT2D eigenvalue weighted by Crippen LogP contribution is 2.20. The second-order valence-electron chi connectivity index (χ2n) is 4.77. The highest BCUT2D eigenvalue weighted by Gasteiger charge is 2.04. The van der Waals surface area contributed by atoms with Crippen LogP contribution in [-0.2, 0) is 4.79 Å². The van der Waals surface area contributed by atoms with Gasteiger partial charge in [0.25, 0.3) is 0 Å². The molecule has 0 bridgehead atoms. The number of rotatable bonds is 7. The maximum absolute atomic E-state index is 11.7. The van der Waals surface area contributed by atoms with Gasteiger partial charge in [-0.2, -0.15) is 0 Å². The first-order valence-corrected chi connectivity index (χ1v) is 6.85. The summed E-state index contributed by atoms with van der Waals surface area (Å²) in [5.41, 5.74) is 1.96. The fourth-order valence-corrected chi connectivity index (χ4v) is 1.86. The highest BCUT2D eigenvalue weighted by molar-refractivity contribution is 5.92. The van der Waals surface area contributed by atoms with Gasteiger partial charge in [0.15, 0.2) is 0 Å². The van der Waals surface area contributed by atoms with E-state index < -0.39 is 6.10 Å². The van der Waals surface area contributed by atoms with E-state index in [2.05, 4.69) is 5.32 Å². The molecule has 1 unspecified atom stereocenters. The largest absolute Gasteiger partial charge is 0.496 e. The Bertz CT molecular complexity index is 469. The number of hydrogen-bond acceptors (Lipinski definition) is 3. The maximum Gasteiger partial charge on any atom is 0.244 e. The Labute approximate surface area is 120 Å². The number of benzene rings is 1. The van der Waals surface area contributed by atoms with E-state index in [0.717, 1.165) is 23.3 Å². The van der Waals surface area contributed by atoms with Crippen LogP contribution in [0.1, 0.15) is 30.9 Å². The van der Waals surface area contributed by atoms with Gasteiger partial charge in [0, 0.05) is 18.2 Å². The molecule has 0 aliphatic heterocycles. The van der Waals surface area contributed by atoms with Crippen molar-refractivity contribution in [1.82, 2.24) is 5.32 Å². The predicted molar refractivity (Wildman–Crippen MR) is 80.7 cm³/mol. The Morgan fingerprint density at radius 1 is 1.50 bits per heavy atom. The van der Waals surface area contributed by atoms with Crippen molar-refractivity contribution >= 4 is 12.0 Å². The van der Waals surface area contributed by atoms with Crippen LogP contribution >= 0.6 is 0 Å². The van der Waals surface area contributed by atoms with Crippen molar-refractivity contribution in [3.8, 4) is 5.75 Å². The molecule has 0 aliphatic carbocycles. The zero-order chi connectivity index (χ0) is 15.0. The molecule has 0 radical (unpaired) electrons. The molecular formula is C16H23NO3. The van der Waals surface area contributed by atoms with E-state index in [1.54, 1.807) is 13.2 Å². The number of aliphatic hydroxyl groups is 1. The standard InChI is InChI=1S/C16H23NO3/c1-4-5-14(18)11-17-16(19)9-7-13-10-12(2)6-8-15(13)20-3/h6-10,14,18H,4-5,11H2,1-3H3,(H,17,19)/b9-7+. The Balaban J connectivity index is 2.59. The quantitative estimate of drug-likeness (QED) is 0.752. The van der Waals surface area contributed by atoms with Crippen LogP contribution in [0, 0.1) is 6.92 Å². The number of carbonyl (C=O) groups is 1. The van der Waals surface area contributed by atoms with Crippen molar-refractivity contribution in [3.05, 3.63) is 35.4 Å². The third kappa shape index (κ3) is 5.45. The summed E-state index contributed by atoms with van der Waals surface area (Å²) in [5, 5.41) is 12.2. The molecule has 4 nitrogen and oxygen atoms in total. The van der Waals surface area contributed by atoms with Crippen LogP contribution in [0.3, 0.4) is 0 Å². The van der Waals surface area contributed by atoms with Crippen LogP contribution in [-0.4, -0.2) is 30.8 Å². The topological polar surface area (TPSA) is 58.6 Å². The number of ether oxygens (including phenoxy) is 1. The van der Waals surface area contributed by atoms with Crippen molar-refractivity contribution in [2.45, 2.75) is 32.8 Å². The van der Waals surface area contributed by atoms with Crippen molar-refractivity contribution in [2.24, 2.45) is 0 Å². The predicted octanol–water partition coefficient (Wildman–Crippen LogP) is 2.29. The molecule has 0 heterocycles. The molecule has 0 spiro atoms. The minimum absolute atomic E-state index is 0.219. The first-order chi connectivity index (χ1) is 9.56. The average molecular weight is 277 g/mol. The number of amides is 1. The smallest absolute Gasteiger partial charge is 0.244 e. The molecule has 0 saturated carbocycles. The van der Waals surface area contributed by atoms with E-state index in [4.69, 9.17) is 4.74 Å². The lowest BCUT2D eigenvalue weighted by molar-refractivity contribution is -0.116. The SMILES string of the molecule is CCCC(O)CNC(=O)/C=C/c1cc(C)ccc1OC. The molecule has 110 valence electrons. The Kier molecular flexibility index (Phi) is 6.81. The van der Waals surface area contributed by atoms with Crippen LogP contribution < -0.4 is 10.1 Å². The van der Waals surface area contributed by atoms with Crippen molar-refractivity contribution in [3.63, 3.8) is 0 Å². The van der Waals surface area contributed by atoms with Crippen LogP contribution in [0.5, 0.6) is 5.75 Å². The second-order valence-corrected chi connectivity index (χ2v) is 4.77. The zero-order valence-electron chi connectivity index (χ0n) is 12.3. The van der Waals surface area contributed by atoms with E-state index >= 15 is 0 Å². The molecule has 1 aromatic carbocycles. The van der Waals surface area contributed by atoms with E-state index in [-0.39, 0.29) is 12.5 Å². The van der Waals surface area contributed by atoms with Crippen LogP contribution in [0.15, 0.2) is 24.3 Å². The Morgan fingerprint density at radius 2 is 2.25 bits per heavy atom. The minimum Gasteiger partial charge on any atom is -0.496 e. The number of hydrogen-bond donors (Lipinski definition) is 2. The van der Waals surface area contributed by atoms with Gasteiger partial charge in [0.2, 0.25) is 5.91 Å². The molecule has 20 heavy (non-hydrogen) atoms. The summed E-state index contributed by atoms with van der Waals surface area (Å²) < 4.78 is 5.24. The molecule has 0 aliphatic rings. The third-order valence-corrected chi connectivity index (χ3v) is 2.93. The summed E-state index contributed by atoms with van der Waals surface area (Å²) in [6.07, 6.45) is 4.28. The Hall–Kier alpha value is -1.81. The molecule has 2 N–H and O–H groups in total. The maximum atomic E-state index is 11.7. The second kappa shape index (κ2) is 8.38. The molecule has 1 atom stereocenters. The summed E-state index contributed by atoms with van der Waals surface area (Å²) in [6.45, 7) is 4.26. The lowest BCUT2D eigenvalue weighted by atomic mass is 10.1. The fourth-order valence-electron chi connectivity index (χ4n) is 1.86. The first kappa shape index (κ1) is 16.2. The molecule has 1 aromatic rings. The van der Waals surface area contributed by atoms with Gasteiger partial charge in [0.1, 0.15) is 5.75 Å². The van der Waals surface area contributed by atoms with E-state index in [9.17, 15) is 9.90 Å². The summed E-state index contributed by atoms with van der Waals surface area (Å²) in [5.74, 6) is 0.509. The number of aryl methyl sites for hydroxylation is 1. The van der Waals surface area contributed by atoms with Gasteiger partial charge < -0.3 is 15.2 Å². The fraction of sp³-hybridized carbons (Fsp3) is 0.438. The van der Waals surface area contributed by atoms with Gasteiger partial charge in [-0.3, -0.25) is 4.79 Å². The summed E-state index contributed by atoms with van der Waals surface area (Å²) in [6, 6.07) is 5.78. The minimum atomic E-state index is -0.481. The van der Waals surface area contributed by atoms with E-state index in [0.29, 0.717) is 6.42 Å². The van der Waals surface area contributed by atoms with Crippen molar-refractivity contribution in [1.29, 1.82) is 0 Å². The molecule has 4 heteroatoms. The normalized spacial score (nSPS) is 12.4. The molecule has 1 rings (SSSR count). The summed E-state index contributed by atoms with van der Waals surface area (Å²) >= 11 is 0. The van der Waals surface area contributed by atoms with Crippen LogP contribution in [0.4, 0.5) is 0 Å². The summed E-state index contributed by atoms with van der Waals surface area (Å²) in [4.78, 5) is 11.7. The lowest BCUT2D eigenvalue weighted by Gasteiger charge is -2.09. The van der Waals surface area contributed by atoms with Gasteiger partial charge in [0.05, 0.1) is 13.2 Å². The number of methoxy groups -OCH3 is 1. The van der Waals surface area contributed by atoms with Gasteiger partial charge in [-0.25, -0.2) is 0 Å². The van der Waals surface area contributed by atoms with Crippen molar-refractivity contribution in [2.75, 3.05) is 13.7 Å². The molecule has 0 aromatic heterocycles. The number of carbonyl (C=O) groups excluding carboxylic acids is 1. The number of nitrogens with one attached hydrogen (secondary N) is 1. The first-order valence-electron chi connectivity index (χ1n) is 6.85. The average Bonchev–Trinajstić information content (AvgIpc) is 2.43. The van der Waals surface area contributed by atoms with Gasteiger partial charge in [-0.15, -0.1) is 0 Å². The monoisotopic (exact) mass is 277 g/mol. The van der Waals surface area contributed by atoms with Gasteiger partial charge >= 0.3 is 0 Å². The van der Waals surface area contributed by atoms with Crippen molar-refractivity contribution < 1.29 is 14.6 Å². The van der Waals surface area contributed by atoms with Crippen LogP contribution in [0.2, 0.25) is 0 Å². The molecule has 0 fully saturated rings. The molecule has 1 amide bonds. The Morgan fingerprint density at radius 3 is 2.90 bits per heavy atom. The highest BCUT2D eigenvalue weighted by atomic mass is 16.5. The van der Waals surface area contributed by atoms with E-state index in [1.165, 1.54) is 6.08 Å². The van der Waals surface area contributed by atoms with E-state index in [1.807, 2.05) is 32.0 Å². The summed E-state index contributed by atoms with van der Waals surface area (Å²) in [7, 11) is 1.60.